The topological polar surface area (TPSA) is 86.1 Å². The summed E-state index contributed by atoms with van der Waals surface area (Å²) in [6.07, 6.45) is 0. The van der Waals surface area contributed by atoms with E-state index in [-0.39, 0.29) is 11.0 Å². The van der Waals surface area contributed by atoms with Crippen LogP contribution in [0.2, 0.25) is 0 Å². The van der Waals surface area contributed by atoms with Crippen LogP contribution >= 0.6 is 0 Å². The smallest absolute Gasteiger partial charge is 0.218 e. The van der Waals surface area contributed by atoms with E-state index in [1.54, 1.807) is 0 Å². The van der Waals surface area contributed by atoms with E-state index in [2.05, 4.69) is 0 Å². The van der Waals surface area contributed by atoms with Crippen molar-refractivity contribution in [3.8, 4) is 0 Å². The molecule has 3 nitrogen and oxygen atoms in total. The van der Waals surface area contributed by atoms with Crippen LogP contribution in [0.4, 0.5) is 0 Å². The van der Waals surface area contributed by atoms with Gasteiger partial charge in [0.25, 0.3) is 0 Å². The average Bonchev–Trinajstić information content (AvgIpc) is 2.38. The number of hydrogen-bond acceptors (Lipinski definition) is 1. The van der Waals surface area contributed by atoms with Crippen LogP contribution in [0.15, 0.2) is 65.6 Å². The summed E-state index contributed by atoms with van der Waals surface area (Å²) in [4.78, 5) is 0.884. The largest absolute Gasteiger partial charge is 0.612 e. The number of hydrogen-bond donors (Lipinski definition) is 0. The fraction of sp³-hybridized carbons (Fsp3) is 0.0769. The molecule has 0 aromatic heterocycles. The summed E-state index contributed by atoms with van der Waals surface area (Å²) in [6, 6.07) is 19.5. The molecule has 0 aliphatic rings. The molecule has 0 bridgehead atoms. The Kier molecular flexibility index (Phi) is 8.16. The van der Waals surface area contributed by atoms with Gasteiger partial charge in [-0.2, -0.15) is 0 Å². The standard InChI is InChI=1S/C13H12BOS.2H2O/c15-16(13-9-5-2-6-10-13)11-14-12-7-3-1-4-8-12;;/h1-10H,11H2;2*1H2. The summed E-state index contributed by atoms with van der Waals surface area (Å²) in [7, 11) is 2.00. The third kappa shape index (κ3) is 4.93. The van der Waals surface area contributed by atoms with Gasteiger partial charge in [-0.05, 0) is 23.3 Å². The highest BCUT2D eigenvalue weighted by atomic mass is 32.2. The molecule has 0 aliphatic carbocycles. The molecule has 0 fully saturated rings. The summed E-state index contributed by atoms with van der Waals surface area (Å²) >= 11 is -0.939. The summed E-state index contributed by atoms with van der Waals surface area (Å²) < 4.78 is 11.9. The summed E-state index contributed by atoms with van der Waals surface area (Å²) in [5.41, 5.74) is 1.68. The Hall–Kier alpha value is -1.27. The molecule has 1 atom stereocenters. The Bertz CT molecular complexity index is 425. The van der Waals surface area contributed by atoms with E-state index < -0.39 is 11.2 Å². The first-order valence-electron chi connectivity index (χ1n) is 5.18. The van der Waals surface area contributed by atoms with Gasteiger partial charge < -0.3 is 15.5 Å². The Morgan fingerprint density at radius 2 is 1.33 bits per heavy atom. The van der Waals surface area contributed by atoms with Gasteiger partial charge in [0.1, 0.15) is 0 Å². The third-order valence-corrected chi connectivity index (χ3v) is 3.54. The van der Waals surface area contributed by atoms with Crippen LogP contribution in [-0.4, -0.2) is 28.4 Å². The zero-order valence-corrected chi connectivity index (χ0v) is 10.7. The van der Waals surface area contributed by atoms with Crippen molar-refractivity contribution < 1.29 is 15.5 Å². The van der Waals surface area contributed by atoms with Crippen molar-refractivity contribution in [1.82, 2.24) is 0 Å². The van der Waals surface area contributed by atoms with Gasteiger partial charge in [-0.3, -0.25) is 0 Å². The van der Waals surface area contributed by atoms with Crippen molar-refractivity contribution in [1.29, 1.82) is 0 Å². The lowest BCUT2D eigenvalue weighted by atomic mass is 9.73. The maximum Gasteiger partial charge on any atom is 0.218 e. The molecule has 2 aromatic carbocycles. The second-order valence-corrected chi connectivity index (χ2v) is 4.94. The lowest BCUT2D eigenvalue weighted by Gasteiger charge is -2.09. The SMILES string of the molecule is O.O.[O-][S+](C[B]c1ccccc1)c1ccccc1. The first-order chi connectivity index (χ1) is 7.86. The van der Waals surface area contributed by atoms with E-state index in [1.165, 1.54) is 0 Å². The lowest BCUT2D eigenvalue weighted by Crippen LogP contribution is -2.23. The summed E-state index contributed by atoms with van der Waals surface area (Å²) in [5.74, 6) is 0. The zero-order valence-electron chi connectivity index (χ0n) is 9.87. The van der Waals surface area contributed by atoms with Gasteiger partial charge in [0, 0.05) is 0 Å². The van der Waals surface area contributed by atoms with Gasteiger partial charge in [0.05, 0.1) is 5.65 Å². The molecule has 1 radical (unpaired) electrons. The van der Waals surface area contributed by atoms with Crippen LogP contribution in [0.1, 0.15) is 0 Å². The molecular formula is C13H16BO3S. The van der Waals surface area contributed by atoms with Crippen molar-refractivity contribution in [2.45, 2.75) is 4.90 Å². The average molecular weight is 263 g/mol. The van der Waals surface area contributed by atoms with Crippen molar-refractivity contribution in [2.24, 2.45) is 0 Å². The van der Waals surface area contributed by atoms with Crippen molar-refractivity contribution >= 4 is 23.9 Å². The van der Waals surface area contributed by atoms with Gasteiger partial charge in [0.2, 0.25) is 7.28 Å². The van der Waals surface area contributed by atoms with Gasteiger partial charge in [-0.15, -0.1) is 0 Å². The van der Waals surface area contributed by atoms with Crippen LogP contribution in [0, 0.1) is 0 Å². The fourth-order valence-corrected chi connectivity index (χ4v) is 2.43. The monoisotopic (exact) mass is 263 g/mol. The number of benzene rings is 2. The number of rotatable bonds is 4. The second-order valence-electron chi connectivity index (χ2n) is 3.44. The quantitative estimate of drug-likeness (QED) is 0.569. The Balaban J connectivity index is 0.00000144. The highest BCUT2D eigenvalue weighted by Crippen LogP contribution is 2.08. The highest BCUT2D eigenvalue weighted by molar-refractivity contribution is 7.92. The molecule has 0 saturated carbocycles. The molecule has 95 valence electrons. The molecule has 0 saturated heterocycles. The van der Waals surface area contributed by atoms with Gasteiger partial charge in [-0.25, -0.2) is 0 Å². The minimum Gasteiger partial charge on any atom is -0.612 e. The minimum absolute atomic E-state index is 0. The maximum absolute atomic E-state index is 11.9. The Labute approximate surface area is 111 Å². The van der Waals surface area contributed by atoms with Crippen LogP contribution < -0.4 is 5.46 Å². The maximum atomic E-state index is 11.9. The van der Waals surface area contributed by atoms with E-state index in [4.69, 9.17) is 0 Å². The fourth-order valence-electron chi connectivity index (χ4n) is 1.43. The van der Waals surface area contributed by atoms with Crippen molar-refractivity contribution in [3.05, 3.63) is 60.7 Å². The molecule has 1 unspecified atom stereocenters. The minimum atomic E-state index is -0.939. The van der Waals surface area contributed by atoms with E-state index >= 15 is 0 Å². The molecule has 4 N–H and O–H groups in total. The first-order valence-corrected chi connectivity index (χ1v) is 6.50. The van der Waals surface area contributed by atoms with Crippen LogP contribution in [0.25, 0.3) is 0 Å². The lowest BCUT2D eigenvalue weighted by molar-refractivity contribution is 0.599. The molecule has 18 heavy (non-hydrogen) atoms. The van der Waals surface area contributed by atoms with Crippen LogP contribution in [0.5, 0.6) is 0 Å². The van der Waals surface area contributed by atoms with Crippen molar-refractivity contribution in [3.63, 3.8) is 0 Å². The van der Waals surface area contributed by atoms with E-state index in [0.717, 1.165) is 10.4 Å². The van der Waals surface area contributed by atoms with Gasteiger partial charge in [-0.1, -0.05) is 54.0 Å². The van der Waals surface area contributed by atoms with Gasteiger partial charge in [0.15, 0.2) is 4.90 Å². The van der Waals surface area contributed by atoms with Gasteiger partial charge >= 0.3 is 0 Å². The van der Waals surface area contributed by atoms with Crippen LogP contribution in [0.3, 0.4) is 0 Å². The highest BCUT2D eigenvalue weighted by Gasteiger charge is 2.10. The van der Waals surface area contributed by atoms with E-state index in [1.807, 2.05) is 67.9 Å². The molecule has 2 rings (SSSR count). The van der Waals surface area contributed by atoms with E-state index in [9.17, 15) is 4.55 Å². The van der Waals surface area contributed by atoms with Crippen LogP contribution in [-0.2, 0) is 11.2 Å². The molecule has 5 heteroatoms. The second kappa shape index (κ2) is 8.77. The van der Waals surface area contributed by atoms with E-state index in [0.29, 0.717) is 5.65 Å². The Morgan fingerprint density at radius 1 is 0.833 bits per heavy atom. The molecular weight excluding hydrogens is 247 g/mol. The summed E-state index contributed by atoms with van der Waals surface area (Å²) in [6.45, 7) is 0. The molecule has 2 aromatic rings. The molecule has 0 spiro atoms. The molecule has 0 amide bonds. The van der Waals surface area contributed by atoms with Crippen molar-refractivity contribution in [2.75, 3.05) is 5.65 Å². The molecule has 0 heterocycles. The molecule has 0 aliphatic heterocycles. The first kappa shape index (κ1) is 16.7. The predicted molar refractivity (Wildman–Crippen MR) is 76.8 cm³/mol. The summed E-state index contributed by atoms with van der Waals surface area (Å²) in [5, 5.41) is 0. The Morgan fingerprint density at radius 3 is 1.89 bits per heavy atom. The predicted octanol–water partition coefficient (Wildman–Crippen LogP) is 0.132. The third-order valence-electron chi connectivity index (χ3n) is 2.28. The zero-order chi connectivity index (χ0) is 11.2. The normalized spacial score (nSPS) is 10.7.